The Bertz CT molecular complexity index is 506. The topological polar surface area (TPSA) is 26.3 Å². The van der Waals surface area contributed by atoms with Crippen LogP contribution >= 0.6 is 15.9 Å². The van der Waals surface area contributed by atoms with Gasteiger partial charge in [0.15, 0.2) is 0 Å². The van der Waals surface area contributed by atoms with E-state index in [1.807, 2.05) is 42.5 Å². The standard InChI is InChI=1S/C15H13BrO2/c16-14-8-6-12(7-9-14)10-11-18-15(17)13-4-2-1-3-5-13/h1-9H,10-11H2. The van der Waals surface area contributed by atoms with Gasteiger partial charge < -0.3 is 4.74 Å². The highest BCUT2D eigenvalue weighted by molar-refractivity contribution is 9.10. The van der Waals surface area contributed by atoms with Gasteiger partial charge in [-0.15, -0.1) is 0 Å². The second kappa shape index (κ2) is 6.36. The van der Waals surface area contributed by atoms with E-state index in [9.17, 15) is 4.79 Å². The van der Waals surface area contributed by atoms with Gasteiger partial charge in [-0.1, -0.05) is 46.3 Å². The molecule has 3 heteroatoms. The van der Waals surface area contributed by atoms with Crippen LogP contribution in [0.5, 0.6) is 0 Å². The van der Waals surface area contributed by atoms with Crippen molar-refractivity contribution in [3.8, 4) is 0 Å². The molecule has 0 N–H and O–H groups in total. The molecular weight excluding hydrogens is 292 g/mol. The van der Waals surface area contributed by atoms with Gasteiger partial charge in [-0.3, -0.25) is 0 Å². The van der Waals surface area contributed by atoms with Crippen molar-refractivity contribution in [2.24, 2.45) is 0 Å². The van der Waals surface area contributed by atoms with Crippen molar-refractivity contribution in [1.82, 2.24) is 0 Å². The smallest absolute Gasteiger partial charge is 0.338 e. The Morgan fingerprint density at radius 2 is 1.67 bits per heavy atom. The Morgan fingerprint density at radius 1 is 1.00 bits per heavy atom. The molecule has 0 saturated heterocycles. The van der Waals surface area contributed by atoms with Crippen LogP contribution in [0.15, 0.2) is 59.1 Å². The maximum atomic E-state index is 11.7. The quantitative estimate of drug-likeness (QED) is 0.802. The molecule has 0 atom stereocenters. The van der Waals surface area contributed by atoms with Crippen LogP contribution in [0.1, 0.15) is 15.9 Å². The van der Waals surface area contributed by atoms with E-state index in [-0.39, 0.29) is 5.97 Å². The molecule has 0 aliphatic carbocycles. The third-order valence-electron chi connectivity index (χ3n) is 2.55. The minimum atomic E-state index is -0.271. The van der Waals surface area contributed by atoms with Gasteiger partial charge in [-0.2, -0.15) is 0 Å². The molecule has 0 spiro atoms. The van der Waals surface area contributed by atoms with Crippen LogP contribution in [-0.4, -0.2) is 12.6 Å². The Hall–Kier alpha value is -1.61. The number of hydrogen-bond donors (Lipinski definition) is 0. The third-order valence-corrected chi connectivity index (χ3v) is 3.08. The van der Waals surface area contributed by atoms with Gasteiger partial charge in [-0.05, 0) is 29.8 Å². The highest BCUT2D eigenvalue weighted by Gasteiger charge is 2.05. The maximum absolute atomic E-state index is 11.7. The summed E-state index contributed by atoms with van der Waals surface area (Å²) in [5.74, 6) is -0.271. The molecule has 0 heterocycles. The van der Waals surface area contributed by atoms with Crippen LogP contribution in [0.25, 0.3) is 0 Å². The fourth-order valence-electron chi connectivity index (χ4n) is 1.57. The number of benzene rings is 2. The van der Waals surface area contributed by atoms with Crippen LogP contribution in [0, 0.1) is 0 Å². The van der Waals surface area contributed by atoms with Crippen molar-refractivity contribution in [3.05, 3.63) is 70.2 Å². The first kappa shape index (κ1) is 12.8. The molecule has 0 aliphatic rings. The number of ether oxygens (including phenoxy) is 1. The minimum absolute atomic E-state index is 0.271. The zero-order chi connectivity index (χ0) is 12.8. The van der Waals surface area contributed by atoms with E-state index < -0.39 is 0 Å². The van der Waals surface area contributed by atoms with Crippen molar-refractivity contribution < 1.29 is 9.53 Å². The minimum Gasteiger partial charge on any atom is -0.462 e. The molecule has 0 amide bonds. The molecule has 18 heavy (non-hydrogen) atoms. The summed E-state index contributed by atoms with van der Waals surface area (Å²) in [5, 5.41) is 0. The lowest BCUT2D eigenvalue weighted by Crippen LogP contribution is -2.07. The molecule has 0 aromatic heterocycles. The van der Waals surface area contributed by atoms with Crippen molar-refractivity contribution in [2.45, 2.75) is 6.42 Å². The Labute approximate surface area is 115 Å². The molecule has 2 aromatic rings. The van der Waals surface area contributed by atoms with Crippen LogP contribution in [-0.2, 0) is 11.2 Å². The maximum Gasteiger partial charge on any atom is 0.338 e. The van der Waals surface area contributed by atoms with Crippen molar-refractivity contribution >= 4 is 21.9 Å². The van der Waals surface area contributed by atoms with E-state index in [4.69, 9.17) is 4.74 Å². The molecule has 0 unspecified atom stereocenters. The fraction of sp³-hybridized carbons (Fsp3) is 0.133. The summed E-state index contributed by atoms with van der Waals surface area (Å²) >= 11 is 3.38. The van der Waals surface area contributed by atoms with E-state index in [0.29, 0.717) is 12.2 Å². The highest BCUT2D eigenvalue weighted by Crippen LogP contribution is 2.11. The van der Waals surface area contributed by atoms with Crippen LogP contribution in [0.3, 0.4) is 0 Å². The summed E-state index contributed by atoms with van der Waals surface area (Å²) in [6, 6.07) is 17.0. The molecule has 92 valence electrons. The van der Waals surface area contributed by atoms with E-state index in [1.165, 1.54) is 0 Å². The summed E-state index contributed by atoms with van der Waals surface area (Å²) in [6.45, 7) is 0.398. The number of hydrogen-bond acceptors (Lipinski definition) is 2. The largest absolute Gasteiger partial charge is 0.462 e. The molecule has 0 saturated carbocycles. The fourth-order valence-corrected chi connectivity index (χ4v) is 1.83. The number of esters is 1. The molecule has 0 bridgehead atoms. The summed E-state index contributed by atoms with van der Waals surface area (Å²) < 4.78 is 6.26. The van der Waals surface area contributed by atoms with Crippen molar-refractivity contribution in [3.63, 3.8) is 0 Å². The lowest BCUT2D eigenvalue weighted by atomic mass is 10.2. The SMILES string of the molecule is O=C(OCCc1ccc(Br)cc1)c1ccccc1. The summed E-state index contributed by atoms with van der Waals surface area (Å²) in [4.78, 5) is 11.7. The number of carbonyl (C=O) groups is 1. The molecule has 0 radical (unpaired) electrons. The van der Waals surface area contributed by atoms with Crippen molar-refractivity contribution in [2.75, 3.05) is 6.61 Å². The predicted octanol–water partition coefficient (Wildman–Crippen LogP) is 3.85. The van der Waals surface area contributed by atoms with Gasteiger partial charge in [0, 0.05) is 10.9 Å². The zero-order valence-electron chi connectivity index (χ0n) is 9.80. The molecule has 2 nitrogen and oxygen atoms in total. The Morgan fingerprint density at radius 3 is 2.33 bits per heavy atom. The van der Waals surface area contributed by atoms with Crippen LogP contribution < -0.4 is 0 Å². The van der Waals surface area contributed by atoms with E-state index in [1.54, 1.807) is 12.1 Å². The molecule has 0 fully saturated rings. The van der Waals surface area contributed by atoms with Gasteiger partial charge in [0.25, 0.3) is 0 Å². The van der Waals surface area contributed by atoms with E-state index >= 15 is 0 Å². The Balaban J connectivity index is 1.82. The Kier molecular flexibility index (Phi) is 4.53. The van der Waals surface area contributed by atoms with Gasteiger partial charge in [0.2, 0.25) is 0 Å². The summed E-state index contributed by atoms with van der Waals surface area (Å²) in [6.07, 6.45) is 0.728. The number of rotatable bonds is 4. The van der Waals surface area contributed by atoms with Gasteiger partial charge >= 0.3 is 5.97 Å². The monoisotopic (exact) mass is 304 g/mol. The lowest BCUT2D eigenvalue weighted by molar-refractivity contribution is 0.0509. The molecule has 2 rings (SSSR count). The average Bonchev–Trinajstić information content (AvgIpc) is 2.42. The summed E-state index contributed by atoms with van der Waals surface area (Å²) in [7, 11) is 0. The first-order valence-corrected chi connectivity index (χ1v) is 6.51. The second-order valence-corrected chi connectivity index (χ2v) is 4.79. The number of carbonyl (C=O) groups excluding carboxylic acids is 1. The first-order valence-electron chi connectivity index (χ1n) is 5.72. The molecule has 0 aliphatic heterocycles. The average molecular weight is 305 g/mol. The van der Waals surface area contributed by atoms with E-state index in [0.717, 1.165) is 16.5 Å². The van der Waals surface area contributed by atoms with Gasteiger partial charge in [0.05, 0.1) is 12.2 Å². The van der Waals surface area contributed by atoms with E-state index in [2.05, 4.69) is 15.9 Å². The van der Waals surface area contributed by atoms with Gasteiger partial charge in [0.1, 0.15) is 0 Å². The van der Waals surface area contributed by atoms with Crippen molar-refractivity contribution in [1.29, 1.82) is 0 Å². The lowest BCUT2D eigenvalue weighted by Gasteiger charge is -2.05. The van der Waals surface area contributed by atoms with Crippen LogP contribution in [0.4, 0.5) is 0 Å². The second-order valence-electron chi connectivity index (χ2n) is 3.88. The third kappa shape index (κ3) is 3.70. The van der Waals surface area contributed by atoms with Gasteiger partial charge in [-0.25, -0.2) is 4.79 Å². The molecular formula is C15H13BrO2. The highest BCUT2D eigenvalue weighted by atomic mass is 79.9. The van der Waals surface area contributed by atoms with Crippen LogP contribution in [0.2, 0.25) is 0 Å². The zero-order valence-corrected chi connectivity index (χ0v) is 11.4. The number of halogens is 1. The predicted molar refractivity (Wildman–Crippen MR) is 74.6 cm³/mol. The summed E-state index contributed by atoms with van der Waals surface area (Å²) in [5.41, 5.74) is 1.74. The first-order chi connectivity index (χ1) is 8.75. The normalized spacial score (nSPS) is 10.1. The molecule has 2 aromatic carbocycles.